The van der Waals surface area contributed by atoms with Crippen LogP contribution >= 0.6 is 0 Å². The lowest BCUT2D eigenvalue weighted by Crippen LogP contribution is -2.59. The van der Waals surface area contributed by atoms with E-state index in [2.05, 4.69) is 16.0 Å². The van der Waals surface area contributed by atoms with E-state index in [0.29, 0.717) is 26.1 Å². The van der Waals surface area contributed by atoms with Crippen molar-refractivity contribution >= 4 is 35.4 Å². The molecule has 2 aliphatic rings. The number of amides is 6. The summed E-state index contributed by atoms with van der Waals surface area (Å²) < 4.78 is 0. The third-order valence-corrected chi connectivity index (χ3v) is 8.06. The first-order valence-corrected chi connectivity index (χ1v) is 14.4. The van der Waals surface area contributed by atoms with Crippen LogP contribution in [0.2, 0.25) is 0 Å². The van der Waals surface area contributed by atoms with Crippen LogP contribution in [0.15, 0.2) is 24.3 Å². The molecule has 42 heavy (non-hydrogen) atoms. The zero-order valence-corrected chi connectivity index (χ0v) is 25.4. The molecule has 0 radical (unpaired) electrons. The van der Waals surface area contributed by atoms with Gasteiger partial charge in [-0.15, -0.1) is 0 Å². The number of carbonyl (C=O) groups excluding carboxylic acids is 6. The molecule has 230 valence electrons. The van der Waals surface area contributed by atoms with Gasteiger partial charge in [-0.25, -0.2) is 4.79 Å². The monoisotopic (exact) mass is 584 g/mol. The van der Waals surface area contributed by atoms with Crippen molar-refractivity contribution in [3.8, 4) is 0 Å². The van der Waals surface area contributed by atoms with Crippen LogP contribution in [0.3, 0.4) is 0 Å². The van der Waals surface area contributed by atoms with E-state index in [9.17, 15) is 28.8 Å². The van der Waals surface area contributed by atoms with Gasteiger partial charge < -0.3 is 31.5 Å². The molecule has 12 heteroatoms. The van der Waals surface area contributed by atoms with Crippen LogP contribution < -0.4 is 21.7 Å². The van der Waals surface area contributed by atoms with Crippen LogP contribution in [-0.4, -0.2) is 76.5 Å². The third kappa shape index (κ3) is 7.86. The summed E-state index contributed by atoms with van der Waals surface area (Å²) in [6.45, 7) is 12.3. The zero-order chi connectivity index (χ0) is 31.4. The van der Waals surface area contributed by atoms with E-state index in [1.807, 2.05) is 58.9 Å². The van der Waals surface area contributed by atoms with Gasteiger partial charge in [0.25, 0.3) is 5.91 Å². The lowest BCUT2D eigenvalue weighted by atomic mass is 9.85. The Kier molecular flexibility index (Phi) is 10.3. The average molecular weight is 585 g/mol. The van der Waals surface area contributed by atoms with Crippen molar-refractivity contribution in [2.24, 2.45) is 23.0 Å². The number of Topliss-reactive ketones (excluding diaryl/α,β-unsaturated/α-hetero) is 1. The standard InChI is InChI=1S/C30H44N6O6/c1-17(2)21-13-22(27(40)33-18(3)24(38)26(31)39)36(16-21)28(41)25(30(4,5)6)34-29(42)32-12-11-23(37)35-14-19-9-7-8-10-20(19)15-35/h7-10,17-18,21-22,25H,11-16H2,1-6H3,(H2,31,39)(H,33,40)(H2,32,34,42). The Labute approximate surface area is 247 Å². The maximum atomic E-state index is 13.9. The highest BCUT2D eigenvalue weighted by Crippen LogP contribution is 2.32. The summed E-state index contributed by atoms with van der Waals surface area (Å²) in [7, 11) is 0. The van der Waals surface area contributed by atoms with Gasteiger partial charge in [-0.1, -0.05) is 58.9 Å². The van der Waals surface area contributed by atoms with Crippen molar-refractivity contribution in [3.05, 3.63) is 35.4 Å². The van der Waals surface area contributed by atoms with Gasteiger partial charge in [-0.05, 0) is 41.7 Å². The minimum atomic E-state index is -1.16. The number of carbonyl (C=O) groups is 6. The van der Waals surface area contributed by atoms with Gasteiger partial charge in [0.05, 0.1) is 6.04 Å². The van der Waals surface area contributed by atoms with Gasteiger partial charge in [-0.3, -0.25) is 24.0 Å². The van der Waals surface area contributed by atoms with E-state index in [-0.39, 0.29) is 30.7 Å². The van der Waals surface area contributed by atoms with E-state index in [1.54, 1.807) is 4.90 Å². The fourth-order valence-electron chi connectivity index (χ4n) is 5.38. The second-order valence-electron chi connectivity index (χ2n) is 12.7. The molecule has 4 unspecified atom stereocenters. The minimum Gasteiger partial charge on any atom is -0.363 e. The number of primary amides is 1. The summed E-state index contributed by atoms with van der Waals surface area (Å²) in [6, 6.07) is 4.28. The summed E-state index contributed by atoms with van der Waals surface area (Å²) in [5.74, 6) is -2.97. The number of nitrogens with two attached hydrogens (primary N) is 1. The van der Waals surface area contributed by atoms with Crippen LogP contribution in [0.25, 0.3) is 0 Å². The van der Waals surface area contributed by atoms with Crippen molar-refractivity contribution in [3.63, 3.8) is 0 Å². The normalized spacial score (nSPS) is 19.6. The van der Waals surface area contributed by atoms with Gasteiger partial charge >= 0.3 is 6.03 Å². The molecule has 4 atom stereocenters. The second-order valence-corrected chi connectivity index (χ2v) is 12.7. The molecule has 1 aromatic rings. The number of benzene rings is 1. The molecule has 6 amide bonds. The SMILES string of the molecule is CC(NC(=O)C1CC(C(C)C)CN1C(=O)C(NC(=O)NCCC(=O)N1Cc2ccccc2C1)C(C)(C)C)C(=O)C(N)=O. The quantitative estimate of drug-likeness (QED) is 0.300. The van der Waals surface area contributed by atoms with Crippen molar-refractivity contribution in [1.82, 2.24) is 25.8 Å². The number of likely N-dealkylation sites (tertiary alicyclic amines) is 1. The smallest absolute Gasteiger partial charge is 0.315 e. The Morgan fingerprint density at radius 3 is 2.10 bits per heavy atom. The lowest BCUT2D eigenvalue weighted by Gasteiger charge is -2.35. The van der Waals surface area contributed by atoms with E-state index in [1.165, 1.54) is 11.8 Å². The van der Waals surface area contributed by atoms with Gasteiger partial charge in [0.15, 0.2) is 0 Å². The molecule has 5 N–H and O–H groups in total. The predicted octanol–water partition coefficient (Wildman–Crippen LogP) is 1.07. The molecule has 2 aliphatic heterocycles. The van der Waals surface area contributed by atoms with E-state index in [0.717, 1.165) is 11.1 Å². The first-order valence-electron chi connectivity index (χ1n) is 14.4. The topological polar surface area (TPSA) is 171 Å². The van der Waals surface area contributed by atoms with Gasteiger partial charge in [0.1, 0.15) is 12.1 Å². The molecule has 2 heterocycles. The Morgan fingerprint density at radius 1 is 0.976 bits per heavy atom. The Morgan fingerprint density at radius 2 is 1.57 bits per heavy atom. The highest BCUT2D eigenvalue weighted by molar-refractivity contribution is 6.37. The predicted molar refractivity (Wildman–Crippen MR) is 155 cm³/mol. The minimum absolute atomic E-state index is 0.0176. The number of ketones is 1. The van der Waals surface area contributed by atoms with Crippen LogP contribution in [0, 0.1) is 17.3 Å². The van der Waals surface area contributed by atoms with E-state index in [4.69, 9.17) is 5.73 Å². The number of hydrogen-bond acceptors (Lipinski definition) is 6. The van der Waals surface area contributed by atoms with Crippen LogP contribution in [0.5, 0.6) is 0 Å². The van der Waals surface area contributed by atoms with Gasteiger partial charge in [0.2, 0.25) is 23.5 Å². The largest absolute Gasteiger partial charge is 0.363 e. The maximum absolute atomic E-state index is 13.9. The molecule has 0 spiro atoms. The molecule has 1 aromatic carbocycles. The van der Waals surface area contributed by atoms with Crippen molar-refractivity contribution in [2.45, 2.75) is 85.6 Å². The highest BCUT2D eigenvalue weighted by Gasteiger charge is 2.45. The number of fused-ring (bicyclic) bond motifs is 1. The van der Waals surface area contributed by atoms with Crippen LogP contribution in [0.4, 0.5) is 4.79 Å². The van der Waals surface area contributed by atoms with Crippen LogP contribution in [0.1, 0.15) is 65.5 Å². The summed E-state index contributed by atoms with van der Waals surface area (Å²) in [5, 5.41) is 7.96. The molecule has 0 aromatic heterocycles. The third-order valence-electron chi connectivity index (χ3n) is 8.06. The molecule has 0 saturated carbocycles. The number of urea groups is 1. The second kappa shape index (κ2) is 13.3. The van der Waals surface area contributed by atoms with Gasteiger partial charge in [0, 0.05) is 32.6 Å². The summed E-state index contributed by atoms with van der Waals surface area (Å²) >= 11 is 0. The number of rotatable bonds is 10. The Hall–Kier alpha value is -3.96. The first-order chi connectivity index (χ1) is 19.6. The summed E-state index contributed by atoms with van der Waals surface area (Å²) in [4.78, 5) is 79.1. The van der Waals surface area contributed by atoms with Gasteiger partial charge in [-0.2, -0.15) is 0 Å². The maximum Gasteiger partial charge on any atom is 0.315 e. The highest BCUT2D eigenvalue weighted by atomic mass is 16.2. The van der Waals surface area contributed by atoms with Crippen molar-refractivity contribution < 1.29 is 28.8 Å². The van der Waals surface area contributed by atoms with E-state index < -0.39 is 53.1 Å². The molecule has 1 fully saturated rings. The van der Waals surface area contributed by atoms with Crippen molar-refractivity contribution in [1.29, 1.82) is 0 Å². The van der Waals surface area contributed by atoms with E-state index >= 15 is 0 Å². The fraction of sp³-hybridized carbons (Fsp3) is 0.600. The molecule has 3 rings (SSSR count). The number of hydrogen-bond donors (Lipinski definition) is 4. The summed E-state index contributed by atoms with van der Waals surface area (Å²) in [6.07, 6.45) is 0.487. The number of nitrogens with zero attached hydrogens (tertiary/aromatic N) is 2. The van der Waals surface area contributed by atoms with Crippen LogP contribution in [-0.2, 0) is 37.1 Å². The molecule has 1 saturated heterocycles. The first kappa shape index (κ1) is 32.6. The zero-order valence-electron chi connectivity index (χ0n) is 25.4. The Balaban J connectivity index is 1.63. The summed E-state index contributed by atoms with van der Waals surface area (Å²) in [5.41, 5.74) is 6.59. The average Bonchev–Trinajstić information content (AvgIpc) is 3.55. The van der Waals surface area contributed by atoms with Crippen molar-refractivity contribution in [2.75, 3.05) is 13.1 Å². The number of nitrogens with one attached hydrogen (secondary N) is 3. The Bertz CT molecular complexity index is 1200. The molecule has 0 aliphatic carbocycles. The fourth-order valence-corrected chi connectivity index (χ4v) is 5.38. The molecular formula is C30H44N6O6. The molecule has 12 nitrogen and oxygen atoms in total. The molecular weight excluding hydrogens is 540 g/mol. The lowest BCUT2D eigenvalue weighted by molar-refractivity contribution is -0.143. The molecule has 0 bridgehead atoms.